The first-order chi connectivity index (χ1) is 7.43. The minimum Gasteiger partial charge on any atom is -0.275 e. The van der Waals surface area contributed by atoms with Crippen LogP contribution in [-0.4, -0.2) is 11.4 Å². The molecule has 2 rings (SSSR count). The van der Waals surface area contributed by atoms with E-state index in [0.717, 1.165) is 10.2 Å². The van der Waals surface area contributed by atoms with Gasteiger partial charge in [0.2, 0.25) is 0 Å². The normalized spacial score (nSPS) is 18.8. The van der Waals surface area contributed by atoms with Gasteiger partial charge >= 0.3 is 0 Å². The number of nitrogens with zero attached hydrogens (tertiary/aromatic N) is 1. The standard InChI is InChI=1S/C12H13BrN2O/c1-8-11(16)14-15(12(8,2)3)10-6-4-5-9(13)7-10/h4-7H,1H2,2-3H3,(H,14,16). The summed E-state index contributed by atoms with van der Waals surface area (Å²) in [7, 11) is 0. The molecule has 1 N–H and O–H groups in total. The number of anilines is 1. The van der Waals surface area contributed by atoms with Crippen molar-refractivity contribution in [1.29, 1.82) is 0 Å². The summed E-state index contributed by atoms with van der Waals surface area (Å²) >= 11 is 3.42. The van der Waals surface area contributed by atoms with Gasteiger partial charge in [0, 0.05) is 10.0 Å². The van der Waals surface area contributed by atoms with Crippen molar-refractivity contribution in [1.82, 2.24) is 5.43 Å². The molecule has 0 aromatic heterocycles. The molecule has 1 amide bonds. The molecule has 1 aromatic carbocycles. The zero-order chi connectivity index (χ0) is 11.9. The fraction of sp³-hybridized carbons (Fsp3) is 0.250. The van der Waals surface area contributed by atoms with Crippen LogP contribution in [0.15, 0.2) is 40.9 Å². The van der Waals surface area contributed by atoms with E-state index >= 15 is 0 Å². The number of nitrogens with one attached hydrogen (secondary N) is 1. The maximum atomic E-state index is 11.6. The second-order valence-electron chi connectivity index (χ2n) is 4.29. The third-order valence-electron chi connectivity index (χ3n) is 2.85. The van der Waals surface area contributed by atoms with Crippen LogP contribution in [0.3, 0.4) is 0 Å². The number of amides is 1. The van der Waals surface area contributed by atoms with Crippen LogP contribution in [0.25, 0.3) is 0 Å². The van der Waals surface area contributed by atoms with Gasteiger partial charge in [0.15, 0.2) is 0 Å². The van der Waals surface area contributed by atoms with Gasteiger partial charge < -0.3 is 0 Å². The van der Waals surface area contributed by atoms with Gasteiger partial charge in [-0.3, -0.25) is 15.2 Å². The molecule has 0 atom stereocenters. The number of rotatable bonds is 1. The molecule has 3 nitrogen and oxygen atoms in total. The van der Waals surface area contributed by atoms with Gasteiger partial charge in [-0.1, -0.05) is 28.6 Å². The lowest BCUT2D eigenvalue weighted by Gasteiger charge is -2.32. The largest absolute Gasteiger partial charge is 0.275 e. The van der Waals surface area contributed by atoms with Gasteiger partial charge in [0.05, 0.1) is 11.2 Å². The summed E-state index contributed by atoms with van der Waals surface area (Å²) < 4.78 is 0.979. The minimum absolute atomic E-state index is 0.120. The van der Waals surface area contributed by atoms with E-state index in [0.29, 0.717) is 5.57 Å². The predicted molar refractivity (Wildman–Crippen MR) is 68.0 cm³/mol. The van der Waals surface area contributed by atoms with Crippen molar-refractivity contribution in [3.05, 3.63) is 40.9 Å². The Kier molecular flexibility index (Phi) is 2.54. The molecule has 0 unspecified atom stereocenters. The van der Waals surface area contributed by atoms with Crippen molar-refractivity contribution in [2.45, 2.75) is 19.4 Å². The van der Waals surface area contributed by atoms with Crippen molar-refractivity contribution in [3.63, 3.8) is 0 Å². The molecule has 0 saturated carbocycles. The minimum atomic E-state index is -0.405. The van der Waals surface area contributed by atoms with E-state index in [1.807, 2.05) is 43.1 Å². The number of hydrogen-bond donors (Lipinski definition) is 1. The third kappa shape index (κ3) is 1.63. The first-order valence-electron chi connectivity index (χ1n) is 4.99. The van der Waals surface area contributed by atoms with Crippen LogP contribution in [0.2, 0.25) is 0 Å². The Balaban J connectivity index is 2.43. The van der Waals surface area contributed by atoms with Crippen LogP contribution >= 0.6 is 15.9 Å². The number of benzene rings is 1. The lowest BCUT2D eigenvalue weighted by Crippen LogP contribution is -2.44. The van der Waals surface area contributed by atoms with E-state index in [1.54, 1.807) is 0 Å². The number of carbonyl (C=O) groups is 1. The second-order valence-corrected chi connectivity index (χ2v) is 5.21. The average molecular weight is 281 g/mol. The smallest absolute Gasteiger partial charge is 0.267 e. The summed E-state index contributed by atoms with van der Waals surface area (Å²) in [5, 5.41) is 1.84. The van der Waals surface area contributed by atoms with Gasteiger partial charge in [-0.05, 0) is 32.0 Å². The van der Waals surface area contributed by atoms with Crippen LogP contribution in [0.5, 0.6) is 0 Å². The number of hydrazine groups is 1. The van der Waals surface area contributed by atoms with Gasteiger partial charge in [-0.2, -0.15) is 0 Å². The van der Waals surface area contributed by atoms with E-state index in [9.17, 15) is 4.79 Å². The molecule has 1 saturated heterocycles. The Bertz CT molecular complexity index is 468. The van der Waals surface area contributed by atoms with Crippen LogP contribution in [-0.2, 0) is 4.79 Å². The topological polar surface area (TPSA) is 32.3 Å². The van der Waals surface area contributed by atoms with Gasteiger partial charge in [-0.15, -0.1) is 0 Å². The molecule has 0 spiro atoms. The maximum absolute atomic E-state index is 11.6. The molecule has 0 aliphatic carbocycles. The molecule has 1 aromatic rings. The number of halogens is 1. The van der Waals surface area contributed by atoms with E-state index < -0.39 is 5.54 Å². The lowest BCUT2D eigenvalue weighted by atomic mass is 9.96. The van der Waals surface area contributed by atoms with Crippen LogP contribution < -0.4 is 10.4 Å². The molecule has 84 valence electrons. The number of carbonyl (C=O) groups excluding carboxylic acids is 1. The van der Waals surface area contributed by atoms with Crippen molar-refractivity contribution in [2.24, 2.45) is 0 Å². The molecular weight excluding hydrogens is 268 g/mol. The highest BCUT2D eigenvalue weighted by Gasteiger charge is 2.41. The monoisotopic (exact) mass is 280 g/mol. The van der Waals surface area contributed by atoms with Gasteiger partial charge in [0.1, 0.15) is 0 Å². The zero-order valence-electron chi connectivity index (χ0n) is 9.25. The zero-order valence-corrected chi connectivity index (χ0v) is 10.8. The molecule has 1 fully saturated rings. The summed E-state index contributed by atoms with van der Waals surface area (Å²) in [6, 6.07) is 7.79. The highest BCUT2D eigenvalue weighted by atomic mass is 79.9. The van der Waals surface area contributed by atoms with Crippen molar-refractivity contribution in [3.8, 4) is 0 Å². The van der Waals surface area contributed by atoms with E-state index in [-0.39, 0.29) is 5.91 Å². The summed E-state index contributed by atoms with van der Waals surface area (Å²) in [5.74, 6) is -0.120. The summed E-state index contributed by atoms with van der Waals surface area (Å²) in [6.07, 6.45) is 0. The lowest BCUT2D eigenvalue weighted by molar-refractivity contribution is -0.116. The summed E-state index contributed by atoms with van der Waals surface area (Å²) in [4.78, 5) is 11.6. The van der Waals surface area contributed by atoms with Crippen LogP contribution in [0.1, 0.15) is 13.8 Å². The Labute approximate surface area is 103 Å². The van der Waals surface area contributed by atoms with Gasteiger partial charge in [-0.25, -0.2) is 0 Å². The molecule has 16 heavy (non-hydrogen) atoms. The molecule has 1 heterocycles. The predicted octanol–water partition coefficient (Wildman–Crippen LogP) is 2.64. The first-order valence-corrected chi connectivity index (χ1v) is 5.78. The molecule has 1 aliphatic rings. The highest BCUT2D eigenvalue weighted by molar-refractivity contribution is 9.10. The molecule has 0 bridgehead atoms. The fourth-order valence-electron chi connectivity index (χ4n) is 1.72. The van der Waals surface area contributed by atoms with Crippen molar-refractivity contribution in [2.75, 3.05) is 5.01 Å². The molecular formula is C12H13BrN2O. The quantitative estimate of drug-likeness (QED) is 0.803. The Hall–Kier alpha value is -1.29. The molecule has 1 aliphatic heterocycles. The Morgan fingerprint density at radius 1 is 1.44 bits per heavy atom. The van der Waals surface area contributed by atoms with E-state index in [1.165, 1.54) is 0 Å². The first kappa shape index (κ1) is 11.2. The average Bonchev–Trinajstić information content (AvgIpc) is 2.42. The fourth-order valence-corrected chi connectivity index (χ4v) is 2.11. The Morgan fingerprint density at radius 2 is 2.12 bits per heavy atom. The SMILES string of the molecule is C=C1C(=O)NN(c2cccc(Br)c2)C1(C)C. The summed E-state index contributed by atoms with van der Waals surface area (Å²) in [5.41, 5.74) is 3.92. The highest BCUT2D eigenvalue weighted by Crippen LogP contribution is 2.33. The van der Waals surface area contributed by atoms with Crippen molar-refractivity contribution < 1.29 is 4.79 Å². The van der Waals surface area contributed by atoms with Crippen LogP contribution in [0.4, 0.5) is 5.69 Å². The molecule has 4 heteroatoms. The molecule has 0 radical (unpaired) electrons. The van der Waals surface area contributed by atoms with E-state index in [4.69, 9.17) is 0 Å². The van der Waals surface area contributed by atoms with Gasteiger partial charge in [0.25, 0.3) is 5.91 Å². The second kappa shape index (κ2) is 3.63. The third-order valence-corrected chi connectivity index (χ3v) is 3.34. The number of hydrogen-bond acceptors (Lipinski definition) is 2. The van der Waals surface area contributed by atoms with Crippen LogP contribution in [0, 0.1) is 0 Å². The summed E-state index contributed by atoms with van der Waals surface area (Å²) in [6.45, 7) is 7.75. The van der Waals surface area contributed by atoms with E-state index in [2.05, 4.69) is 27.9 Å². The van der Waals surface area contributed by atoms with Crippen molar-refractivity contribution >= 4 is 27.5 Å². The maximum Gasteiger partial charge on any atom is 0.267 e. The Morgan fingerprint density at radius 3 is 2.62 bits per heavy atom.